The molecule has 3 amide bonds. The Morgan fingerprint density at radius 1 is 1.07 bits per heavy atom. The van der Waals surface area contributed by atoms with Crippen LogP contribution in [-0.4, -0.2) is 75.6 Å². The van der Waals surface area contributed by atoms with E-state index >= 15 is 0 Å². The first-order valence-corrected chi connectivity index (χ1v) is 14.1. The van der Waals surface area contributed by atoms with Crippen LogP contribution < -0.4 is 10.6 Å². The minimum Gasteiger partial charge on any atom is -0.453 e. The molecule has 0 bridgehead atoms. The molecule has 3 atom stereocenters. The topological polar surface area (TPSA) is 157 Å². The van der Waals surface area contributed by atoms with Gasteiger partial charge < -0.3 is 24.7 Å². The number of pyridine rings is 1. The minimum absolute atomic E-state index is 0.209. The molecule has 0 radical (unpaired) electrons. The summed E-state index contributed by atoms with van der Waals surface area (Å²) in [5.74, 6) is -1.85. The number of methoxy groups -OCH3 is 1. The fourth-order valence-electron chi connectivity index (χ4n) is 4.79. The third kappa shape index (κ3) is 7.09. The van der Waals surface area contributed by atoms with E-state index in [4.69, 9.17) is 4.42 Å². The van der Waals surface area contributed by atoms with E-state index in [1.807, 2.05) is 26.0 Å². The van der Waals surface area contributed by atoms with Crippen molar-refractivity contribution in [2.45, 2.75) is 91.3 Å². The van der Waals surface area contributed by atoms with Gasteiger partial charge in [0.2, 0.25) is 23.5 Å². The summed E-state index contributed by atoms with van der Waals surface area (Å²) >= 11 is 0. The number of carbonyl (C=O) groups excluding carboxylic acids is 4. The monoisotopic (exact) mass is 570 g/mol. The summed E-state index contributed by atoms with van der Waals surface area (Å²) in [6, 6.07) is 1.30. The molecule has 3 heterocycles. The predicted molar refractivity (Wildman–Crippen MR) is 150 cm³/mol. The average molecular weight is 571 g/mol. The molecule has 2 aromatic rings. The molecule has 1 aliphatic heterocycles. The van der Waals surface area contributed by atoms with Crippen LogP contribution in [0.1, 0.15) is 89.1 Å². The second-order valence-electron chi connectivity index (χ2n) is 11.6. The molecule has 41 heavy (non-hydrogen) atoms. The lowest BCUT2D eigenvalue weighted by Crippen LogP contribution is -2.57. The zero-order chi connectivity index (χ0) is 30.5. The summed E-state index contributed by atoms with van der Waals surface area (Å²) in [5, 5.41) is 13.5. The molecule has 0 spiro atoms. The molecule has 224 valence electrons. The van der Waals surface area contributed by atoms with Gasteiger partial charge in [0.25, 0.3) is 5.89 Å². The summed E-state index contributed by atoms with van der Waals surface area (Å²) in [4.78, 5) is 58.1. The number of likely N-dealkylation sites (tertiary alicyclic amines) is 1. The largest absolute Gasteiger partial charge is 0.453 e. The smallest absolute Gasteiger partial charge is 0.407 e. The van der Waals surface area contributed by atoms with Gasteiger partial charge in [-0.3, -0.25) is 19.4 Å². The number of alkyl carbamates (subject to hydrolysis) is 1. The van der Waals surface area contributed by atoms with Crippen molar-refractivity contribution in [3.63, 3.8) is 0 Å². The lowest BCUT2D eigenvalue weighted by molar-refractivity contribution is -0.141. The number of rotatable bonds is 11. The van der Waals surface area contributed by atoms with Crippen molar-refractivity contribution in [2.24, 2.45) is 11.8 Å². The number of carbonyl (C=O) groups is 4. The van der Waals surface area contributed by atoms with E-state index in [0.717, 1.165) is 17.7 Å². The number of Topliss-reactive ketones (excluding diaryl/α,β-unsaturated/α-hetero) is 1. The Kier molecular flexibility index (Phi) is 10.2. The summed E-state index contributed by atoms with van der Waals surface area (Å²) in [6.07, 6.45) is 2.99. The van der Waals surface area contributed by atoms with Gasteiger partial charge in [0.1, 0.15) is 12.1 Å². The highest BCUT2D eigenvalue weighted by molar-refractivity contribution is 6.00. The van der Waals surface area contributed by atoms with Crippen molar-refractivity contribution in [3.8, 4) is 0 Å². The van der Waals surface area contributed by atoms with Crippen molar-refractivity contribution in [3.05, 3.63) is 41.4 Å². The highest BCUT2D eigenvalue weighted by atomic mass is 16.5. The van der Waals surface area contributed by atoms with E-state index in [-0.39, 0.29) is 29.5 Å². The third-order valence-electron chi connectivity index (χ3n) is 7.52. The lowest BCUT2D eigenvalue weighted by atomic mass is 9.88. The van der Waals surface area contributed by atoms with E-state index in [0.29, 0.717) is 19.4 Å². The first kappa shape index (κ1) is 31.7. The van der Waals surface area contributed by atoms with E-state index in [1.165, 1.54) is 12.0 Å². The van der Waals surface area contributed by atoms with Gasteiger partial charge in [-0.2, -0.15) is 0 Å². The maximum atomic E-state index is 13.5. The van der Waals surface area contributed by atoms with Crippen molar-refractivity contribution >= 4 is 23.7 Å². The lowest BCUT2D eigenvalue weighted by Gasteiger charge is -2.31. The summed E-state index contributed by atoms with van der Waals surface area (Å²) in [7, 11) is 1.22. The second kappa shape index (κ2) is 13.2. The SMILES string of the molecule is CCc1ccc(C(C)(C)c2nnc(C(=O)[C@H](NC(=O)[C@@H]3CCCN3C(=O)[C@@H](NC(=O)OC)C(C)C)C(C)C)o2)nc1. The van der Waals surface area contributed by atoms with Crippen molar-refractivity contribution in [2.75, 3.05) is 13.7 Å². The number of ketones is 1. The van der Waals surface area contributed by atoms with Crippen molar-refractivity contribution < 1.29 is 28.3 Å². The molecule has 0 saturated carbocycles. The van der Waals surface area contributed by atoms with Crippen LogP contribution in [0.3, 0.4) is 0 Å². The van der Waals surface area contributed by atoms with Gasteiger partial charge in [-0.1, -0.05) is 40.7 Å². The van der Waals surface area contributed by atoms with Crippen LogP contribution in [-0.2, 0) is 26.2 Å². The number of aromatic nitrogens is 3. The van der Waals surface area contributed by atoms with Crippen molar-refractivity contribution in [1.29, 1.82) is 0 Å². The summed E-state index contributed by atoms with van der Waals surface area (Å²) in [5.41, 5.74) is 1.08. The zero-order valence-corrected chi connectivity index (χ0v) is 25.2. The van der Waals surface area contributed by atoms with Crippen molar-refractivity contribution in [1.82, 2.24) is 30.7 Å². The van der Waals surface area contributed by atoms with E-state index < -0.39 is 41.3 Å². The number of ether oxygens (including phenoxy) is 1. The molecular formula is C29H42N6O6. The van der Waals surface area contributed by atoms with Gasteiger partial charge >= 0.3 is 6.09 Å². The Morgan fingerprint density at radius 2 is 1.76 bits per heavy atom. The molecule has 12 heteroatoms. The Balaban J connectivity index is 1.77. The van der Waals surface area contributed by atoms with Gasteiger partial charge in [0.15, 0.2) is 0 Å². The quantitative estimate of drug-likeness (QED) is 0.388. The van der Waals surface area contributed by atoms with Crippen LogP contribution in [0.15, 0.2) is 22.7 Å². The molecule has 0 unspecified atom stereocenters. The van der Waals surface area contributed by atoms with Crippen LogP contribution in [0.4, 0.5) is 4.79 Å². The number of nitrogens with one attached hydrogen (secondary N) is 2. The summed E-state index contributed by atoms with van der Waals surface area (Å²) < 4.78 is 10.5. The van der Waals surface area contributed by atoms with Crippen LogP contribution in [0.2, 0.25) is 0 Å². The highest BCUT2D eigenvalue weighted by Gasteiger charge is 2.41. The van der Waals surface area contributed by atoms with E-state index in [1.54, 1.807) is 33.9 Å². The van der Waals surface area contributed by atoms with Gasteiger partial charge in [-0.05, 0) is 56.6 Å². The fraction of sp³-hybridized carbons (Fsp3) is 0.621. The Hall–Kier alpha value is -3.83. The highest BCUT2D eigenvalue weighted by Crippen LogP contribution is 2.29. The Morgan fingerprint density at radius 3 is 2.32 bits per heavy atom. The van der Waals surface area contributed by atoms with E-state index in [9.17, 15) is 19.2 Å². The second-order valence-corrected chi connectivity index (χ2v) is 11.6. The molecule has 3 rings (SSSR count). The van der Waals surface area contributed by atoms with Gasteiger partial charge in [-0.25, -0.2) is 4.79 Å². The normalized spacial score (nSPS) is 16.9. The van der Waals surface area contributed by atoms with Gasteiger partial charge in [0.05, 0.1) is 24.3 Å². The molecular weight excluding hydrogens is 528 g/mol. The minimum atomic E-state index is -0.951. The molecule has 1 fully saturated rings. The van der Waals surface area contributed by atoms with Crippen LogP contribution in [0, 0.1) is 11.8 Å². The fourth-order valence-corrected chi connectivity index (χ4v) is 4.79. The molecule has 2 N–H and O–H groups in total. The number of hydrogen-bond donors (Lipinski definition) is 2. The van der Waals surface area contributed by atoms with Crippen LogP contribution >= 0.6 is 0 Å². The first-order valence-electron chi connectivity index (χ1n) is 14.1. The molecule has 1 saturated heterocycles. The first-order chi connectivity index (χ1) is 19.3. The van der Waals surface area contributed by atoms with Crippen LogP contribution in [0.25, 0.3) is 0 Å². The Labute approximate surface area is 241 Å². The third-order valence-corrected chi connectivity index (χ3v) is 7.52. The number of amides is 3. The zero-order valence-electron chi connectivity index (χ0n) is 25.2. The van der Waals surface area contributed by atoms with E-state index in [2.05, 4.69) is 37.5 Å². The number of hydrogen-bond acceptors (Lipinski definition) is 9. The molecule has 2 aromatic heterocycles. The maximum absolute atomic E-state index is 13.5. The predicted octanol–water partition coefficient (Wildman–Crippen LogP) is 3.05. The molecule has 1 aliphatic rings. The Bertz CT molecular complexity index is 1240. The van der Waals surface area contributed by atoms with Gasteiger partial charge in [-0.15, -0.1) is 10.2 Å². The van der Waals surface area contributed by atoms with Gasteiger partial charge in [0, 0.05) is 12.7 Å². The standard InChI is InChI=1S/C29H42N6O6/c1-9-18-12-13-20(30-15-18)29(6,7)27-34-33-25(41-27)23(36)21(16(2)3)31-24(37)19-11-10-14-35(19)26(38)22(17(4)5)32-28(39)40-8/h12-13,15-17,19,21-22H,9-11,14H2,1-8H3,(H,31,37)(H,32,39)/t19-,21+,22-/m0/s1. The maximum Gasteiger partial charge on any atom is 0.407 e. The molecule has 0 aliphatic carbocycles. The molecule has 0 aromatic carbocycles. The summed E-state index contributed by atoms with van der Waals surface area (Å²) in [6.45, 7) is 13.4. The van der Waals surface area contributed by atoms with Crippen LogP contribution in [0.5, 0.6) is 0 Å². The average Bonchev–Trinajstić information content (AvgIpc) is 3.64. The number of nitrogens with zero attached hydrogens (tertiary/aromatic N) is 4. The number of aryl methyl sites for hydroxylation is 1. The molecule has 12 nitrogen and oxygen atoms in total.